The summed E-state index contributed by atoms with van der Waals surface area (Å²) in [7, 11) is 0. The first-order chi connectivity index (χ1) is 6.88. The molecule has 0 saturated heterocycles. The van der Waals surface area contributed by atoms with Gasteiger partial charge in [0.1, 0.15) is 5.54 Å². The normalized spacial score (nSPS) is 26.1. The van der Waals surface area contributed by atoms with Gasteiger partial charge in [0, 0.05) is 0 Å². The molecule has 0 saturated carbocycles. The maximum absolute atomic E-state index is 11.0. The summed E-state index contributed by atoms with van der Waals surface area (Å²) < 4.78 is 0. The van der Waals surface area contributed by atoms with E-state index in [4.69, 9.17) is 10.2 Å². The highest BCUT2D eigenvalue weighted by Gasteiger charge is 2.44. The van der Waals surface area contributed by atoms with E-state index in [-0.39, 0.29) is 0 Å². The molecule has 15 heavy (non-hydrogen) atoms. The molecule has 1 rings (SSSR count). The summed E-state index contributed by atoms with van der Waals surface area (Å²) in [6, 6.07) is 0. The van der Waals surface area contributed by atoms with E-state index in [1.54, 1.807) is 13.8 Å². The first-order valence-corrected chi connectivity index (χ1v) is 4.42. The third kappa shape index (κ3) is 2.03. The van der Waals surface area contributed by atoms with Crippen molar-refractivity contribution in [2.45, 2.75) is 25.8 Å². The number of carbonyl (C=O) groups is 2. The second-order valence-electron chi connectivity index (χ2n) is 3.66. The lowest BCUT2D eigenvalue weighted by Crippen LogP contribution is -2.39. The Morgan fingerprint density at radius 1 is 1.53 bits per heavy atom. The van der Waals surface area contributed by atoms with E-state index in [0.717, 1.165) is 0 Å². The molecular weight excluding hydrogens is 200 g/mol. The van der Waals surface area contributed by atoms with Crippen LogP contribution in [0, 0.1) is 5.92 Å². The zero-order chi connectivity index (χ0) is 11.6. The predicted octanol–water partition coefficient (Wildman–Crippen LogP) is 1.29. The SMILES string of the molecule is CC1=CN=NC1(C)C(CC(=O)O)C(=O)O. The summed E-state index contributed by atoms with van der Waals surface area (Å²) in [5.41, 5.74) is -0.374. The molecule has 2 N–H and O–H groups in total. The van der Waals surface area contributed by atoms with Crippen molar-refractivity contribution in [1.29, 1.82) is 0 Å². The second kappa shape index (κ2) is 3.80. The van der Waals surface area contributed by atoms with E-state index >= 15 is 0 Å². The van der Waals surface area contributed by atoms with Crippen molar-refractivity contribution >= 4 is 11.9 Å². The van der Waals surface area contributed by atoms with Crippen molar-refractivity contribution in [1.82, 2.24) is 0 Å². The average molecular weight is 212 g/mol. The molecule has 0 amide bonds. The molecule has 0 bridgehead atoms. The van der Waals surface area contributed by atoms with Gasteiger partial charge in [0.15, 0.2) is 0 Å². The van der Waals surface area contributed by atoms with Gasteiger partial charge in [-0.2, -0.15) is 10.2 Å². The lowest BCUT2D eigenvalue weighted by Gasteiger charge is -2.27. The lowest BCUT2D eigenvalue weighted by atomic mass is 9.79. The average Bonchev–Trinajstić information content (AvgIpc) is 2.43. The summed E-state index contributed by atoms with van der Waals surface area (Å²) >= 11 is 0. The summed E-state index contributed by atoms with van der Waals surface area (Å²) in [6.45, 7) is 3.27. The van der Waals surface area contributed by atoms with Crippen molar-refractivity contribution in [3.63, 3.8) is 0 Å². The number of rotatable bonds is 4. The van der Waals surface area contributed by atoms with Gasteiger partial charge in [-0.1, -0.05) is 0 Å². The number of hydrogen-bond acceptors (Lipinski definition) is 4. The Hall–Kier alpha value is -1.72. The van der Waals surface area contributed by atoms with Crippen molar-refractivity contribution in [3.05, 3.63) is 11.8 Å². The zero-order valence-electron chi connectivity index (χ0n) is 8.47. The molecule has 1 heterocycles. The van der Waals surface area contributed by atoms with Gasteiger partial charge in [-0.05, 0) is 19.4 Å². The van der Waals surface area contributed by atoms with E-state index in [2.05, 4.69) is 10.2 Å². The van der Waals surface area contributed by atoms with Crippen molar-refractivity contribution in [3.8, 4) is 0 Å². The Bertz CT molecular complexity index is 361. The number of carboxylic acids is 2. The molecule has 0 spiro atoms. The fraction of sp³-hybridized carbons (Fsp3) is 0.556. The number of aliphatic carboxylic acids is 2. The van der Waals surface area contributed by atoms with Crippen LogP contribution in [-0.4, -0.2) is 27.7 Å². The Morgan fingerprint density at radius 3 is 2.47 bits per heavy atom. The minimum Gasteiger partial charge on any atom is -0.481 e. The van der Waals surface area contributed by atoms with E-state index < -0.39 is 29.8 Å². The molecule has 6 nitrogen and oxygen atoms in total. The highest BCUT2D eigenvalue weighted by Crippen LogP contribution is 2.36. The molecule has 2 atom stereocenters. The van der Waals surface area contributed by atoms with Gasteiger partial charge < -0.3 is 10.2 Å². The minimum absolute atomic E-state index is 0.462. The molecule has 1 aliphatic rings. The van der Waals surface area contributed by atoms with Crippen LogP contribution in [0.4, 0.5) is 0 Å². The van der Waals surface area contributed by atoms with E-state index in [1.165, 1.54) is 6.20 Å². The van der Waals surface area contributed by atoms with Crippen molar-refractivity contribution < 1.29 is 19.8 Å². The van der Waals surface area contributed by atoms with E-state index in [9.17, 15) is 9.59 Å². The summed E-state index contributed by atoms with van der Waals surface area (Å²) in [4.78, 5) is 21.5. The predicted molar refractivity (Wildman–Crippen MR) is 50.4 cm³/mol. The van der Waals surface area contributed by atoms with Crippen LogP contribution in [0.25, 0.3) is 0 Å². The largest absolute Gasteiger partial charge is 0.481 e. The van der Waals surface area contributed by atoms with Gasteiger partial charge in [0.25, 0.3) is 0 Å². The van der Waals surface area contributed by atoms with Gasteiger partial charge in [-0.25, -0.2) is 0 Å². The minimum atomic E-state index is -1.17. The summed E-state index contributed by atoms with van der Waals surface area (Å²) in [5, 5.41) is 25.1. The van der Waals surface area contributed by atoms with E-state index in [0.29, 0.717) is 5.57 Å². The summed E-state index contributed by atoms with van der Waals surface area (Å²) in [5.74, 6) is -3.41. The molecule has 0 fully saturated rings. The van der Waals surface area contributed by atoms with Gasteiger partial charge >= 0.3 is 11.9 Å². The molecule has 0 radical (unpaired) electrons. The van der Waals surface area contributed by atoms with Crippen LogP contribution in [0.2, 0.25) is 0 Å². The maximum atomic E-state index is 11.0. The van der Waals surface area contributed by atoms with Gasteiger partial charge in [0.05, 0.1) is 18.5 Å². The van der Waals surface area contributed by atoms with Crippen LogP contribution in [-0.2, 0) is 9.59 Å². The molecule has 6 heteroatoms. The van der Waals surface area contributed by atoms with Crippen molar-refractivity contribution in [2.75, 3.05) is 0 Å². The highest BCUT2D eigenvalue weighted by atomic mass is 16.4. The number of nitrogens with zero attached hydrogens (tertiary/aromatic N) is 2. The van der Waals surface area contributed by atoms with Gasteiger partial charge in [-0.15, -0.1) is 0 Å². The molecule has 0 aromatic carbocycles. The standard InChI is InChI=1S/C9H12N2O4/c1-5-4-10-11-9(5,2)6(8(14)15)3-7(12)13/h4,6H,3H2,1-2H3,(H,12,13)(H,14,15). The third-order valence-corrected chi connectivity index (χ3v) is 2.67. The molecule has 1 aliphatic heterocycles. The maximum Gasteiger partial charge on any atom is 0.309 e. The first-order valence-electron chi connectivity index (χ1n) is 4.42. The smallest absolute Gasteiger partial charge is 0.309 e. The molecule has 0 aromatic rings. The quantitative estimate of drug-likeness (QED) is 0.733. The monoisotopic (exact) mass is 212 g/mol. The number of hydrogen-bond donors (Lipinski definition) is 2. The summed E-state index contributed by atoms with van der Waals surface area (Å²) in [6.07, 6.45) is 0.994. The van der Waals surface area contributed by atoms with Crippen LogP contribution >= 0.6 is 0 Å². The molecule has 2 unspecified atom stereocenters. The van der Waals surface area contributed by atoms with Crippen LogP contribution in [0.15, 0.2) is 22.0 Å². The topological polar surface area (TPSA) is 99.3 Å². The molecular formula is C9H12N2O4. The van der Waals surface area contributed by atoms with Crippen molar-refractivity contribution in [2.24, 2.45) is 16.1 Å². The Morgan fingerprint density at radius 2 is 2.13 bits per heavy atom. The van der Waals surface area contributed by atoms with E-state index in [1.807, 2.05) is 0 Å². The van der Waals surface area contributed by atoms with Crippen LogP contribution in [0.3, 0.4) is 0 Å². The Labute approximate surface area is 86.3 Å². The van der Waals surface area contributed by atoms with Crippen LogP contribution < -0.4 is 0 Å². The fourth-order valence-corrected chi connectivity index (χ4v) is 1.49. The number of carboxylic acid groups (broad SMARTS) is 2. The zero-order valence-corrected chi connectivity index (χ0v) is 8.47. The number of azo groups is 1. The molecule has 82 valence electrons. The van der Waals surface area contributed by atoms with Crippen LogP contribution in [0.1, 0.15) is 20.3 Å². The van der Waals surface area contributed by atoms with Crippen LogP contribution in [0.5, 0.6) is 0 Å². The lowest BCUT2D eigenvalue weighted by molar-refractivity contribution is -0.150. The molecule has 0 aliphatic carbocycles. The first kappa shape index (κ1) is 11.4. The molecule has 0 aromatic heterocycles. The van der Waals surface area contributed by atoms with Gasteiger partial charge in [0.2, 0.25) is 0 Å². The Kier molecular flexibility index (Phi) is 2.88. The second-order valence-corrected chi connectivity index (χ2v) is 3.66. The highest BCUT2D eigenvalue weighted by molar-refractivity contribution is 5.79. The Balaban J connectivity index is 2.99. The fourth-order valence-electron chi connectivity index (χ4n) is 1.49. The third-order valence-electron chi connectivity index (χ3n) is 2.67. The van der Waals surface area contributed by atoms with Gasteiger partial charge in [-0.3, -0.25) is 9.59 Å².